The Hall–Kier alpha value is -3.03. The van der Waals surface area contributed by atoms with Crippen molar-refractivity contribution in [3.05, 3.63) is 75.4 Å². The zero-order valence-electron chi connectivity index (χ0n) is 16.5. The number of thiazole rings is 1. The summed E-state index contributed by atoms with van der Waals surface area (Å²) in [6.45, 7) is 0.177. The van der Waals surface area contributed by atoms with Crippen molar-refractivity contribution >= 4 is 28.8 Å². The van der Waals surface area contributed by atoms with Crippen LogP contribution in [-0.2, 0) is 17.8 Å². The Morgan fingerprint density at radius 1 is 1.13 bits per heavy atom. The molecule has 0 unspecified atom stereocenters. The summed E-state index contributed by atoms with van der Waals surface area (Å²) in [6.07, 6.45) is 2.75. The number of hydrogen-bond donors (Lipinski definition) is 1. The molecule has 1 fully saturated rings. The number of aromatic nitrogens is 3. The number of carbonyl (C=O) groups excluding carboxylic acids is 1. The van der Waals surface area contributed by atoms with Gasteiger partial charge in [0.2, 0.25) is 17.6 Å². The van der Waals surface area contributed by atoms with Gasteiger partial charge in [-0.15, -0.1) is 11.3 Å². The van der Waals surface area contributed by atoms with Crippen molar-refractivity contribution in [3.63, 3.8) is 0 Å². The maximum Gasteiger partial charge on any atom is 0.246 e. The maximum absolute atomic E-state index is 12.2. The lowest BCUT2D eigenvalue weighted by Crippen LogP contribution is -2.24. The Morgan fingerprint density at radius 2 is 1.94 bits per heavy atom. The van der Waals surface area contributed by atoms with Crippen molar-refractivity contribution in [2.75, 3.05) is 0 Å². The first-order chi connectivity index (χ1) is 15.1. The van der Waals surface area contributed by atoms with E-state index in [1.165, 1.54) is 17.8 Å². The monoisotopic (exact) mass is 450 g/mol. The fourth-order valence-corrected chi connectivity index (χ4v) is 4.35. The molecule has 0 radical (unpaired) electrons. The summed E-state index contributed by atoms with van der Waals surface area (Å²) in [7, 11) is 0. The smallest absolute Gasteiger partial charge is 0.246 e. The largest absolute Gasteiger partial charge is 0.347 e. The van der Waals surface area contributed by atoms with E-state index in [1.807, 2.05) is 36.4 Å². The van der Waals surface area contributed by atoms with Gasteiger partial charge < -0.3 is 9.84 Å². The summed E-state index contributed by atoms with van der Waals surface area (Å²) in [5.74, 6) is 1.37. The van der Waals surface area contributed by atoms with Crippen LogP contribution in [-0.4, -0.2) is 21.0 Å². The molecule has 1 saturated carbocycles. The minimum Gasteiger partial charge on any atom is -0.347 e. The molecule has 4 aromatic rings. The number of rotatable bonds is 7. The Bertz CT molecular complexity index is 1210. The van der Waals surface area contributed by atoms with Crippen molar-refractivity contribution < 1.29 is 9.32 Å². The number of amides is 1. The van der Waals surface area contributed by atoms with E-state index in [2.05, 4.69) is 20.8 Å². The highest BCUT2D eigenvalue weighted by Crippen LogP contribution is 2.42. The molecular weight excluding hydrogens is 432 g/mol. The second-order valence-corrected chi connectivity index (χ2v) is 8.84. The van der Waals surface area contributed by atoms with Crippen LogP contribution in [0, 0.1) is 0 Å². The van der Waals surface area contributed by atoms with E-state index in [9.17, 15) is 4.79 Å². The van der Waals surface area contributed by atoms with Crippen LogP contribution in [0.2, 0.25) is 5.02 Å². The molecule has 2 aromatic carbocycles. The van der Waals surface area contributed by atoms with Crippen molar-refractivity contribution in [1.29, 1.82) is 0 Å². The highest BCUT2D eigenvalue weighted by Gasteiger charge is 2.26. The second-order valence-electron chi connectivity index (χ2n) is 7.52. The number of nitrogens with zero attached hydrogens (tertiary/aromatic N) is 3. The van der Waals surface area contributed by atoms with Gasteiger partial charge in [-0.2, -0.15) is 4.98 Å². The fraction of sp³-hybridized carbons (Fsp3) is 0.217. The minimum absolute atomic E-state index is 0.126. The zero-order valence-corrected chi connectivity index (χ0v) is 18.1. The van der Waals surface area contributed by atoms with Crippen LogP contribution in [0.5, 0.6) is 0 Å². The van der Waals surface area contributed by atoms with Gasteiger partial charge in [-0.3, -0.25) is 4.79 Å². The molecule has 0 spiro atoms. The molecule has 156 valence electrons. The summed E-state index contributed by atoms with van der Waals surface area (Å²) in [5.41, 5.74) is 3.74. The molecule has 1 amide bonds. The van der Waals surface area contributed by atoms with E-state index in [0.717, 1.165) is 22.4 Å². The Labute approximate surface area is 188 Å². The molecule has 1 N–H and O–H groups in total. The van der Waals surface area contributed by atoms with Crippen LogP contribution in [0.15, 0.2) is 58.4 Å². The van der Waals surface area contributed by atoms with Crippen molar-refractivity contribution in [1.82, 2.24) is 20.4 Å². The summed E-state index contributed by atoms with van der Waals surface area (Å²) in [6, 6.07) is 15.1. The lowest BCUT2D eigenvalue weighted by molar-refractivity contribution is -0.120. The molecule has 6 nitrogen and oxygen atoms in total. The van der Waals surface area contributed by atoms with Crippen molar-refractivity contribution in [2.45, 2.75) is 31.7 Å². The van der Waals surface area contributed by atoms with Gasteiger partial charge in [0, 0.05) is 27.4 Å². The van der Waals surface area contributed by atoms with Gasteiger partial charge >= 0.3 is 0 Å². The van der Waals surface area contributed by atoms with Gasteiger partial charge in [0.15, 0.2) is 0 Å². The highest BCUT2D eigenvalue weighted by molar-refractivity contribution is 7.10. The summed E-state index contributed by atoms with van der Waals surface area (Å²) in [4.78, 5) is 21.4. The van der Waals surface area contributed by atoms with E-state index in [1.54, 1.807) is 23.5 Å². The lowest BCUT2D eigenvalue weighted by atomic mass is 10.1. The number of carbonyl (C=O) groups is 1. The molecule has 0 saturated heterocycles. The summed E-state index contributed by atoms with van der Waals surface area (Å²) < 4.78 is 5.32. The summed E-state index contributed by atoms with van der Waals surface area (Å²) >= 11 is 7.60. The number of benzene rings is 2. The quantitative estimate of drug-likeness (QED) is 0.416. The van der Waals surface area contributed by atoms with Crippen LogP contribution in [0.1, 0.15) is 35.2 Å². The minimum atomic E-state index is -0.126. The van der Waals surface area contributed by atoms with Crippen LogP contribution in [0.25, 0.3) is 22.6 Å². The van der Waals surface area contributed by atoms with Crippen LogP contribution in [0.4, 0.5) is 0 Å². The molecule has 0 aliphatic heterocycles. The second kappa shape index (κ2) is 8.61. The predicted octanol–water partition coefficient (Wildman–Crippen LogP) is 5.25. The third-order valence-corrected chi connectivity index (χ3v) is 6.31. The predicted molar refractivity (Wildman–Crippen MR) is 120 cm³/mol. The van der Waals surface area contributed by atoms with Crippen molar-refractivity contribution in [2.24, 2.45) is 0 Å². The third-order valence-electron chi connectivity index (χ3n) is 5.05. The van der Waals surface area contributed by atoms with Gasteiger partial charge in [-0.25, -0.2) is 4.98 Å². The van der Waals surface area contributed by atoms with E-state index >= 15 is 0 Å². The summed E-state index contributed by atoms with van der Waals surface area (Å²) in [5, 5.41) is 10.8. The molecule has 5 rings (SSSR count). The van der Waals surface area contributed by atoms with Gasteiger partial charge in [0.25, 0.3) is 0 Å². The third kappa shape index (κ3) is 4.84. The average Bonchev–Trinajstić information content (AvgIpc) is 3.32. The molecule has 2 aromatic heterocycles. The molecule has 0 bridgehead atoms. The normalized spacial score (nSPS) is 13.3. The number of halogens is 1. The Balaban J connectivity index is 1.22. The Morgan fingerprint density at radius 3 is 2.74 bits per heavy atom. The fourth-order valence-electron chi connectivity index (χ4n) is 3.22. The van der Waals surface area contributed by atoms with Crippen LogP contribution < -0.4 is 5.32 Å². The molecular formula is C23H19ClN4O2S. The standard InChI is InChI=1S/C23H19ClN4O2S/c24-18-8-4-14(5-9-18)10-20(29)25-12-21-27-22(28-30-21)17-3-1-2-16(11-17)19-13-31-23(26-19)15-6-7-15/h1-5,8-9,11,13,15H,6-7,10,12H2,(H,25,29). The van der Waals surface area contributed by atoms with Gasteiger partial charge in [-0.1, -0.05) is 47.1 Å². The van der Waals surface area contributed by atoms with Gasteiger partial charge in [0.1, 0.15) is 0 Å². The molecule has 2 heterocycles. The first kappa shape index (κ1) is 19.9. The molecule has 1 aliphatic carbocycles. The topological polar surface area (TPSA) is 80.9 Å². The Kier molecular flexibility index (Phi) is 5.53. The lowest BCUT2D eigenvalue weighted by Gasteiger charge is -2.02. The van der Waals surface area contributed by atoms with Gasteiger partial charge in [-0.05, 0) is 36.6 Å². The van der Waals surface area contributed by atoms with E-state index in [4.69, 9.17) is 21.1 Å². The molecule has 8 heteroatoms. The maximum atomic E-state index is 12.2. The zero-order chi connectivity index (χ0) is 21.2. The molecule has 0 atom stereocenters. The highest BCUT2D eigenvalue weighted by atomic mass is 35.5. The molecule has 31 heavy (non-hydrogen) atoms. The van der Waals surface area contributed by atoms with Crippen molar-refractivity contribution in [3.8, 4) is 22.6 Å². The molecule has 1 aliphatic rings. The van der Waals surface area contributed by atoms with Crippen LogP contribution in [0.3, 0.4) is 0 Å². The van der Waals surface area contributed by atoms with E-state index in [0.29, 0.717) is 22.7 Å². The average molecular weight is 451 g/mol. The SMILES string of the molecule is O=C(Cc1ccc(Cl)cc1)NCc1nc(-c2cccc(-c3csc(C4CC4)n3)c2)no1. The van der Waals surface area contributed by atoms with E-state index in [-0.39, 0.29) is 18.9 Å². The van der Waals surface area contributed by atoms with E-state index < -0.39 is 0 Å². The first-order valence-electron chi connectivity index (χ1n) is 10.0. The first-order valence-corrected chi connectivity index (χ1v) is 11.3. The number of hydrogen-bond acceptors (Lipinski definition) is 6. The van der Waals surface area contributed by atoms with Crippen LogP contribution >= 0.6 is 22.9 Å². The number of nitrogens with one attached hydrogen (secondary N) is 1. The van der Waals surface area contributed by atoms with Gasteiger partial charge in [0.05, 0.1) is 23.7 Å².